The molecule has 82 valence electrons. The standard InChI is InChI=1S/C10H19NO2S/c1-11-8-4-3-5-9(8)14-7-6-10(12)13-2/h8-9,11H,3-7H2,1-2H3. The van der Waals surface area contributed by atoms with Gasteiger partial charge in [-0.2, -0.15) is 11.8 Å². The van der Waals surface area contributed by atoms with Crippen molar-refractivity contribution in [3.8, 4) is 0 Å². The summed E-state index contributed by atoms with van der Waals surface area (Å²) in [7, 11) is 3.46. The van der Waals surface area contributed by atoms with Crippen LogP contribution in [0.5, 0.6) is 0 Å². The number of carbonyl (C=O) groups excluding carboxylic acids is 1. The Bertz CT molecular complexity index is 187. The Morgan fingerprint density at radius 3 is 3.00 bits per heavy atom. The second-order valence-electron chi connectivity index (χ2n) is 3.56. The number of methoxy groups -OCH3 is 1. The lowest BCUT2D eigenvalue weighted by Gasteiger charge is -2.17. The molecule has 3 nitrogen and oxygen atoms in total. The van der Waals surface area contributed by atoms with Gasteiger partial charge in [-0.05, 0) is 19.9 Å². The van der Waals surface area contributed by atoms with Gasteiger partial charge in [0.2, 0.25) is 0 Å². The smallest absolute Gasteiger partial charge is 0.306 e. The van der Waals surface area contributed by atoms with Crippen molar-refractivity contribution >= 4 is 17.7 Å². The third-order valence-corrected chi connectivity index (χ3v) is 4.12. The first kappa shape index (κ1) is 11.9. The number of rotatable bonds is 5. The van der Waals surface area contributed by atoms with Crippen LogP contribution in [0.25, 0.3) is 0 Å². The molecule has 0 bridgehead atoms. The molecule has 0 aliphatic heterocycles. The van der Waals surface area contributed by atoms with Crippen molar-refractivity contribution in [2.75, 3.05) is 19.9 Å². The van der Waals surface area contributed by atoms with E-state index in [9.17, 15) is 4.79 Å². The molecule has 2 atom stereocenters. The monoisotopic (exact) mass is 217 g/mol. The minimum atomic E-state index is -0.100. The molecule has 0 aromatic heterocycles. The molecule has 2 unspecified atom stereocenters. The van der Waals surface area contributed by atoms with Crippen LogP contribution in [0.15, 0.2) is 0 Å². The number of ether oxygens (including phenoxy) is 1. The average Bonchev–Trinajstić information content (AvgIpc) is 2.65. The third kappa shape index (κ3) is 3.50. The fourth-order valence-corrected chi connectivity index (χ4v) is 3.28. The van der Waals surface area contributed by atoms with Gasteiger partial charge in [0.05, 0.1) is 13.5 Å². The van der Waals surface area contributed by atoms with E-state index in [0.717, 1.165) is 5.75 Å². The molecule has 0 aromatic carbocycles. The van der Waals surface area contributed by atoms with Crippen LogP contribution in [0, 0.1) is 0 Å². The first-order valence-corrected chi connectivity index (χ1v) is 6.18. The maximum atomic E-state index is 10.9. The Labute approximate surface area is 90.0 Å². The Hall–Kier alpha value is -0.220. The van der Waals surface area contributed by atoms with E-state index >= 15 is 0 Å². The number of thioether (sulfide) groups is 1. The van der Waals surface area contributed by atoms with Gasteiger partial charge in [0.15, 0.2) is 0 Å². The molecular weight excluding hydrogens is 198 g/mol. The van der Waals surface area contributed by atoms with Gasteiger partial charge in [-0.15, -0.1) is 0 Å². The van der Waals surface area contributed by atoms with Crippen LogP contribution in [0.3, 0.4) is 0 Å². The fraction of sp³-hybridized carbons (Fsp3) is 0.900. The van der Waals surface area contributed by atoms with Crippen LogP contribution in [0.4, 0.5) is 0 Å². The summed E-state index contributed by atoms with van der Waals surface area (Å²) in [4.78, 5) is 10.9. The lowest BCUT2D eigenvalue weighted by atomic mass is 10.2. The lowest BCUT2D eigenvalue weighted by Crippen LogP contribution is -2.31. The number of nitrogens with one attached hydrogen (secondary N) is 1. The zero-order chi connectivity index (χ0) is 10.4. The van der Waals surface area contributed by atoms with Gasteiger partial charge >= 0.3 is 5.97 Å². The summed E-state index contributed by atoms with van der Waals surface area (Å²) in [5.74, 6) is 0.784. The Morgan fingerprint density at radius 2 is 2.36 bits per heavy atom. The second-order valence-corrected chi connectivity index (χ2v) is 4.91. The molecule has 1 rings (SSSR count). The maximum absolute atomic E-state index is 10.9. The lowest BCUT2D eigenvalue weighted by molar-refractivity contribution is -0.140. The van der Waals surface area contributed by atoms with Gasteiger partial charge in [0.1, 0.15) is 0 Å². The molecule has 1 aliphatic carbocycles. The second kappa shape index (κ2) is 6.30. The van der Waals surface area contributed by atoms with E-state index in [4.69, 9.17) is 0 Å². The topological polar surface area (TPSA) is 38.3 Å². The van der Waals surface area contributed by atoms with Crippen molar-refractivity contribution in [3.63, 3.8) is 0 Å². The molecule has 0 spiro atoms. The Kier molecular flexibility index (Phi) is 5.33. The highest BCUT2D eigenvalue weighted by Crippen LogP contribution is 2.30. The normalized spacial score (nSPS) is 26.4. The highest BCUT2D eigenvalue weighted by Gasteiger charge is 2.25. The summed E-state index contributed by atoms with van der Waals surface area (Å²) in [6.07, 6.45) is 4.39. The first-order valence-electron chi connectivity index (χ1n) is 5.13. The number of hydrogen-bond donors (Lipinski definition) is 1. The SMILES string of the molecule is CNC1CCCC1SCCC(=O)OC. The molecule has 1 saturated carbocycles. The molecule has 0 saturated heterocycles. The molecule has 14 heavy (non-hydrogen) atoms. The minimum Gasteiger partial charge on any atom is -0.469 e. The highest BCUT2D eigenvalue weighted by atomic mass is 32.2. The van der Waals surface area contributed by atoms with E-state index in [0.29, 0.717) is 17.7 Å². The predicted octanol–water partition coefficient (Wildman–Crippen LogP) is 1.42. The van der Waals surface area contributed by atoms with Crippen molar-refractivity contribution in [2.24, 2.45) is 0 Å². The van der Waals surface area contributed by atoms with Gasteiger partial charge in [0.25, 0.3) is 0 Å². The van der Waals surface area contributed by atoms with E-state index in [2.05, 4.69) is 10.1 Å². The molecule has 0 heterocycles. The van der Waals surface area contributed by atoms with Gasteiger partial charge in [-0.1, -0.05) is 6.42 Å². The molecule has 0 amide bonds. The summed E-state index contributed by atoms with van der Waals surface area (Å²) in [5.41, 5.74) is 0. The summed E-state index contributed by atoms with van der Waals surface area (Å²) in [6.45, 7) is 0. The fourth-order valence-electron chi connectivity index (χ4n) is 1.85. The zero-order valence-corrected chi connectivity index (χ0v) is 9.73. The largest absolute Gasteiger partial charge is 0.469 e. The van der Waals surface area contributed by atoms with Crippen molar-refractivity contribution < 1.29 is 9.53 Å². The molecule has 1 N–H and O–H groups in total. The van der Waals surface area contributed by atoms with Crippen molar-refractivity contribution in [2.45, 2.75) is 37.0 Å². The van der Waals surface area contributed by atoms with E-state index < -0.39 is 0 Å². The number of esters is 1. The summed E-state index contributed by atoms with van der Waals surface area (Å²) >= 11 is 1.90. The first-order chi connectivity index (χ1) is 6.77. The summed E-state index contributed by atoms with van der Waals surface area (Å²) in [6, 6.07) is 0.637. The molecule has 1 fully saturated rings. The molecular formula is C10H19NO2S. The molecule has 1 aliphatic rings. The average molecular weight is 217 g/mol. The minimum absolute atomic E-state index is 0.100. The third-order valence-electron chi connectivity index (χ3n) is 2.69. The van der Waals surface area contributed by atoms with Gasteiger partial charge < -0.3 is 10.1 Å². The quantitative estimate of drug-likeness (QED) is 0.707. The van der Waals surface area contributed by atoms with Crippen LogP contribution < -0.4 is 5.32 Å². The van der Waals surface area contributed by atoms with Crippen molar-refractivity contribution in [1.82, 2.24) is 5.32 Å². The van der Waals surface area contributed by atoms with E-state index in [-0.39, 0.29) is 5.97 Å². The summed E-state index contributed by atoms with van der Waals surface area (Å²) in [5, 5.41) is 4.01. The molecule has 4 heteroatoms. The zero-order valence-electron chi connectivity index (χ0n) is 8.91. The van der Waals surface area contributed by atoms with Crippen LogP contribution in [0.2, 0.25) is 0 Å². The van der Waals surface area contributed by atoms with Gasteiger partial charge in [-0.3, -0.25) is 4.79 Å². The van der Waals surface area contributed by atoms with E-state index in [1.807, 2.05) is 18.8 Å². The predicted molar refractivity (Wildman–Crippen MR) is 59.6 cm³/mol. The Balaban J connectivity index is 2.14. The van der Waals surface area contributed by atoms with E-state index in [1.165, 1.54) is 26.4 Å². The van der Waals surface area contributed by atoms with Gasteiger partial charge in [0, 0.05) is 17.0 Å². The number of hydrogen-bond acceptors (Lipinski definition) is 4. The van der Waals surface area contributed by atoms with Gasteiger partial charge in [-0.25, -0.2) is 0 Å². The van der Waals surface area contributed by atoms with Crippen LogP contribution in [0.1, 0.15) is 25.7 Å². The molecule has 0 aromatic rings. The van der Waals surface area contributed by atoms with Crippen LogP contribution in [-0.2, 0) is 9.53 Å². The van der Waals surface area contributed by atoms with Crippen LogP contribution >= 0.6 is 11.8 Å². The highest BCUT2D eigenvalue weighted by molar-refractivity contribution is 8.00. The molecule has 0 radical (unpaired) electrons. The number of carbonyl (C=O) groups is 1. The van der Waals surface area contributed by atoms with Crippen molar-refractivity contribution in [1.29, 1.82) is 0 Å². The Morgan fingerprint density at radius 1 is 1.57 bits per heavy atom. The van der Waals surface area contributed by atoms with Crippen LogP contribution in [-0.4, -0.2) is 37.2 Å². The van der Waals surface area contributed by atoms with Crippen molar-refractivity contribution in [3.05, 3.63) is 0 Å². The maximum Gasteiger partial charge on any atom is 0.306 e. The van der Waals surface area contributed by atoms with E-state index in [1.54, 1.807) is 0 Å². The summed E-state index contributed by atoms with van der Waals surface area (Å²) < 4.78 is 4.60.